The Balaban J connectivity index is 0.00000108. The summed E-state index contributed by atoms with van der Waals surface area (Å²) in [6.07, 6.45) is 0. The van der Waals surface area contributed by atoms with E-state index in [1.54, 1.807) is 0 Å². The summed E-state index contributed by atoms with van der Waals surface area (Å²) in [5.41, 5.74) is 8.79. The molecule has 0 saturated carbocycles. The third-order valence-electron chi connectivity index (χ3n) is 3.56. The Morgan fingerprint density at radius 1 is 1.06 bits per heavy atom. The molecule has 1 aliphatic heterocycles. The number of hydrogen-bond donors (Lipinski definition) is 2. The van der Waals surface area contributed by atoms with Gasteiger partial charge in [0.25, 0.3) is 0 Å². The zero-order valence-corrected chi connectivity index (χ0v) is 10.7. The Morgan fingerprint density at radius 2 is 1.71 bits per heavy atom. The van der Waals surface area contributed by atoms with E-state index in [1.165, 1.54) is 21.9 Å². The minimum absolute atomic E-state index is 0. The zero-order valence-electron chi connectivity index (χ0n) is 9.86. The van der Waals surface area contributed by atoms with Gasteiger partial charge in [-0.3, -0.25) is 0 Å². The van der Waals surface area contributed by atoms with Gasteiger partial charge >= 0.3 is 0 Å². The number of rotatable bonds is 1. The Hall–Kier alpha value is -1.09. The van der Waals surface area contributed by atoms with E-state index in [2.05, 4.69) is 48.6 Å². The van der Waals surface area contributed by atoms with Crippen LogP contribution in [0.1, 0.15) is 11.1 Å². The van der Waals surface area contributed by atoms with E-state index < -0.39 is 0 Å². The maximum absolute atomic E-state index is 6.38. The molecule has 0 aromatic heterocycles. The number of nitrogens with two attached hydrogens (primary N) is 1. The molecule has 3 N–H and O–H groups in total. The molecule has 2 aromatic carbocycles. The maximum Gasteiger partial charge on any atom is 0.0668 e. The predicted octanol–water partition coefficient (Wildman–Crippen LogP) is 2.33. The third-order valence-corrected chi connectivity index (χ3v) is 3.56. The Bertz CT molecular complexity index is 547. The van der Waals surface area contributed by atoms with Crippen molar-refractivity contribution in [2.24, 2.45) is 5.73 Å². The highest BCUT2D eigenvalue weighted by Crippen LogP contribution is 2.31. The first-order chi connectivity index (χ1) is 7.71. The number of aryl methyl sites for hydroxylation is 1. The van der Waals surface area contributed by atoms with Gasteiger partial charge < -0.3 is 11.1 Å². The summed E-state index contributed by atoms with van der Waals surface area (Å²) in [5.74, 6) is 0. The molecular formula is C14H17ClN2. The molecule has 3 heteroatoms. The lowest BCUT2D eigenvalue weighted by atomic mass is 9.82. The van der Waals surface area contributed by atoms with Gasteiger partial charge in [-0.25, -0.2) is 0 Å². The quantitative estimate of drug-likeness (QED) is 0.813. The summed E-state index contributed by atoms with van der Waals surface area (Å²) in [7, 11) is 0. The van der Waals surface area contributed by atoms with Crippen LogP contribution in [0.3, 0.4) is 0 Å². The summed E-state index contributed by atoms with van der Waals surface area (Å²) in [6.45, 7) is 3.90. The lowest BCUT2D eigenvalue weighted by molar-refractivity contribution is 0.289. The first-order valence-electron chi connectivity index (χ1n) is 5.69. The fourth-order valence-corrected chi connectivity index (χ4v) is 2.47. The van der Waals surface area contributed by atoms with Gasteiger partial charge in [0.05, 0.1) is 5.54 Å². The smallest absolute Gasteiger partial charge is 0.0668 e. The largest absolute Gasteiger partial charge is 0.319 e. The van der Waals surface area contributed by atoms with Crippen molar-refractivity contribution in [3.8, 4) is 0 Å². The number of hydrogen-bond acceptors (Lipinski definition) is 2. The second kappa shape index (κ2) is 4.30. The van der Waals surface area contributed by atoms with Crippen molar-refractivity contribution in [1.29, 1.82) is 0 Å². The van der Waals surface area contributed by atoms with Crippen molar-refractivity contribution in [2.75, 3.05) is 13.1 Å². The fourth-order valence-electron chi connectivity index (χ4n) is 2.47. The van der Waals surface area contributed by atoms with Crippen molar-refractivity contribution in [3.05, 3.63) is 47.5 Å². The Morgan fingerprint density at radius 3 is 2.29 bits per heavy atom. The van der Waals surface area contributed by atoms with Crippen LogP contribution in [0.25, 0.3) is 10.8 Å². The molecule has 0 amide bonds. The summed E-state index contributed by atoms with van der Waals surface area (Å²) >= 11 is 0. The molecule has 1 aliphatic rings. The van der Waals surface area contributed by atoms with E-state index in [1.807, 2.05) is 0 Å². The molecule has 0 radical (unpaired) electrons. The highest BCUT2D eigenvalue weighted by molar-refractivity contribution is 5.89. The fraction of sp³-hybridized carbons (Fsp3) is 0.286. The molecule has 2 nitrogen and oxygen atoms in total. The van der Waals surface area contributed by atoms with E-state index >= 15 is 0 Å². The molecule has 1 heterocycles. The molecule has 0 spiro atoms. The molecule has 0 unspecified atom stereocenters. The van der Waals surface area contributed by atoms with E-state index in [0.717, 1.165) is 13.1 Å². The number of benzene rings is 2. The molecule has 3 rings (SSSR count). The van der Waals surface area contributed by atoms with Crippen molar-refractivity contribution in [1.82, 2.24) is 5.32 Å². The maximum atomic E-state index is 6.38. The van der Waals surface area contributed by atoms with E-state index in [4.69, 9.17) is 5.73 Å². The summed E-state index contributed by atoms with van der Waals surface area (Å²) in [5, 5.41) is 5.87. The third kappa shape index (κ3) is 1.82. The van der Waals surface area contributed by atoms with E-state index in [-0.39, 0.29) is 17.9 Å². The van der Waals surface area contributed by atoms with Crippen LogP contribution in [0.15, 0.2) is 36.4 Å². The van der Waals surface area contributed by atoms with Crippen LogP contribution in [-0.4, -0.2) is 13.1 Å². The van der Waals surface area contributed by atoms with Crippen molar-refractivity contribution in [2.45, 2.75) is 12.5 Å². The minimum atomic E-state index is -0.173. The first kappa shape index (κ1) is 12.4. The standard InChI is InChI=1S/C14H16N2.ClH/c1-10-6-7-13(14(15)8-16-9-14)12-5-3-2-4-11(10)12;/h2-7,16H,8-9,15H2,1H3;1H. The van der Waals surface area contributed by atoms with Crippen LogP contribution in [0.4, 0.5) is 0 Å². The lowest BCUT2D eigenvalue weighted by Crippen LogP contribution is -2.62. The van der Waals surface area contributed by atoms with Crippen molar-refractivity contribution < 1.29 is 0 Å². The average molecular weight is 249 g/mol. The molecule has 1 saturated heterocycles. The molecular weight excluding hydrogens is 232 g/mol. The van der Waals surface area contributed by atoms with Crippen LogP contribution in [0.2, 0.25) is 0 Å². The van der Waals surface area contributed by atoms with Crippen LogP contribution in [0.5, 0.6) is 0 Å². The molecule has 90 valence electrons. The zero-order chi connectivity index (χ0) is 11.2. The second-order valence-electron chi connectivity index (χ2n) is 4.74. The minimum Gasteiger partial charge on any atom is -0.319 e. The van der Waals surface area contributed by atoms with Gasteiger partial charge in [0.2, 0.25) is 0 Å². The molecule has 2 aromatic rings. The van der Waals surface area contributed by atoms with Gasteiger partial charge in [-0.15, -0.1) is 12.4 Å². The van der Waals surface area contributed by atoms with Gasteiger partial charge in [-0.05, 0) is 28.8 Å². The van der Waals surface area contributed by atoms with Gasteiger partial charge in [0, 0.05) is 13.1 Å². The van der Waals surface area contributed by atoms with Gasteiger partial charge in [0.15, 0.2) is 0 Å². The normalized spacial score (nSPS) is 17.3. The second-order valence-corrected chi connectivity index (χ2v) is 4.74. The van der Waals surface area contributed by atoms with Crippen LogP contribution in [0, 0.1) is 6.92 Å². The van der Waals surface area contributed by atoms with Crippen LogP contribution in [-0.2, 0) is 5.54 Å². The molecule has 0 atom stereocenters. The van der Waals surface area contributed by atoms with Crippen molar-refractivity contribution >= 4 is 23.2 Å². The average Bonchev–Trinajstić information content (AvgIpc) is 2.27. The van der Waals surface area contributed by atoms with Crippen molar-refractivity contribution in [3.63, 3.8) is 0 Å². The highest BCUT2D eigenvalue weighted by atomic mass is 35.5. The lowest BCUT2D eigenvalue weighted by Gasteiger charge is -2.40. The van der Waals surface area contributed by atoms with Gasteiger partial charge in [0.1, 0.15) is 0 Å². The molecule has 0 bridgehead atoms. The topological polar surface area (TPSA) is 38.0 Å². The molecule has 1 fully saturated rings. The summed E-state index contributed by atoms with van der Waals surface area (Å²) < 4.78 is 0. The number of halogens is 1. The predicted molar refractivity (Wildman–Crippen MR) is 74.7 cm³/mol. The summed E-state index contributed by atoms with van der Waals surface area (Å²) in [6, 6.07) is 12.9. The van der Waals surface area contributed by atoms with E-state index in [9.17, 15) is 0 Å². The van der Waals surface area contributed by atoms with Gasteiger partial charge in [-0.2, -0.15) is 0 Å². The first-order valence-corrected chi connectivity index (χ1v) is 5.69. The SMILES string of the molecule is Cc1ccc(C2(N)CNC2)c2ccccc12.Cl. The highest BCUT2D eigenvalue weighted by Gasteiger charge is 2.35. The molecule has 17 heavy (non-hydrogen) atoms. The van der Waals surface area contributed by atoms with E-state index in [0.29, 0.717) is 0 Å². The van der Waals surface area contributed by atoms with Gasteiger partial charge in [-0.1, -0.05) is 36.4 Å². The summed E-state index contributed by atoms with van der Waals surface area (Å²) in [4.78, 5) is 0. The Kier molecular flexibility index (Phi) is 3.13. The molecule has 0 aliphatic carbocycles. The number of nitrogens with one attached hydrogen (secondary N) is 1. The Labute approximate surface area is 108 Å². The number of fused-ring (bicyclic) bond motifs is 1. The van der Waals surface area contributed by atoms with Crippen LogP contribution < -0.4 is 11.1 Å². The van der Waals surface area contributed by atoms with Crippen LogP contribution >= 0.6 is 12.4 Å². The monoisotopic (exact) mass is 248 g/mol.